The number of carbonyl (C=O) groups is 1. The smallest absolute Gasteiger partial charge is 0.269 e. The molecule has 1 aromatic rings. The van der Waals surface area contributed by atoms with E-state index in [1.54, 1.807) is 12.3 Å². The van der Waals surface area contributed by atoms with Gasteiger partial charge < -0.3 is 16.4 Å². The van der Waals surface area contributed by atoms with Crippen LogP contribution in [-0.4, -0.2) is 29.5 Å². The third-order valence-corrected chi connectivity index (χ3v) is 2.08. The van der Waals surface area contributed by atoms with Crippen LogP contribution < -0.4 is 16.4 Å². The lowest BCUT2D eigenvalue weighted by Crippen LogP contribution is -2.39. The van der Waals surface area contributed by atoms with Crippen molar-refractivity contribution in [2.24, 2.45) is 5.73 Å². The number of anilines is 1. The minimum absolute atomic E-state index is 0.164. The van der Waals surface area contributed by atoms with Crippen molar-refractivity contribution in [2.75, 3.05) is 18.4 Å². The molecule has 0 aliphatic heterocycles. The van der Waals surface area contributed by atoms with Crippen LogP contribution in [0.4, 0.5) is 5.69 Å². The molecule has 1 amide bonds. The summed E-state index contributed by atoms with van der Waals surface area (Å²) in [5, 5.41) is 5.88. The molecule has 1 rings (SSSR count). The summed E-state index contributed by atoms with van der Waals surface area (Å²) >= 11 is 0. The summed E-state index contributed by atoms with van der Waals surface area (Å²) in [7, 11) is 0. The number of nitrogens with one attached hydrogen (secondary N) is 2. The van der Waals surface area contributed by atoms with Gasteiger partial charge in [-0.25, -0.2) is 0 Å². The maximum absolute atomic E-state index is 11.6. The Morgan fingerprint density at radius 1 is 1.53 bits per heavy atom. The van der Waals surface area contributed by atoms with E-state index in [0.717, 1.165) is 5.69 Å². The maximum atomic E-state index is 11.6. The van der Waals surface area contributed by atoms with Crippen molar-refractivity contribution in [2.45, 2.75) is 26.3 Å². The third-order valence-electron chi connectivity index (χ3n) is 2.08. The fourth-order valence-electron chi connectivity index (χ4n) is 1.25. The first kappa shape index (κ1) is 13.4. The van der Waals surface area contributed by atoms with Crippen molar-refractivity contribution in [1.82, 2.24) is 10.3 Å². The summed E-state index contributed by atoms with van der Waals surface area (Å²) in [6, 6.07) is 3.53. The number of nitrogens with zero attached hydrogens (tertiary/aromatic N) is 1. The molecular weight excluding hydrogens is 216 g/mol. The van der Waals surface area contributed by atoms with E-state index in [1.165, 1.54) is 0 Å². The highest BCUT2D eigenvalue weighted by Gasteiger charge is 2.11. The molecule has 1 heterocycles. The summed E-state index contributed by atoms with van der Waals surface area (Å²) < 4.78 is 0. The van der Waals surface area contributed by atoms with Crippen LogP contribution >= 0.6 is 0 Å². The zero-order chi connectivity index (χ0) is 12.9. The number of aromatic nitrogens is 1. The first-order valence-electron chi connectivity index (χ1n) is 5.69. The molecule has 0 saturated heterocycles. The van der Waals surface area contributed by atoms with Crippen LogP contribution in [0.2, 0.25) is 0 Å². The van der Waals surface area contributed by atoms with E-state index in [-0.39, 0.29) is 11.4 Å². The molecule has 1 aromatic heterocycles. The predicted molar refractivity (Wildman–Crippen MR) is 69.0 cm³/mol. The number of pyridine rings is 1. The standard InChI is InChI=1S/C12H20N4O/c1-4-14-11(17)10-7-9(5-6-15-10)16-8-12(2,3)13/h5-7H,4,8,13H2,1-3H3,(H,14,17)(H,15,16). The zero-order valence-corrected chi connectivity index (χ0v) is 10.6. The molecule has 0 bridgehead atoms. The highest BCUT2D eigenvalue weighted by Crippen LogP contribution is 2.09. The fourth-order valence-corrected chi connectivity index (χ4v) is 1.25. The zero-order valence-electron chi connectivity index (χ0n) is 10.6. The van der Waals surface area contributed by atoms with E-state index in [1.807, 2.05) is 26.8 Å². The summed E-state index contributed by atoms with van der Waals surface area (Å²) in [6.45, 7) is 6.97. The number of nitrogens with two attached hydrogens (primary N) is 1. The molecule has 0 aliphatic carbocycles. The van der Waals surface area contributed by atoms with Crippen LogP contribution in [0.1, 0.15) is 31.3 Å². The van der Waals surface area contributed by atoms with Crippen LogP contribution in [0.3, 0.4) is 0 Å². The number of amides is 1. The van der Waals surface area contributed by atoms with Crippen LogP contribution in [0.15, 0.2) is 18.3 Å². The molecule has 0 aromatic carbocycles. The molecule has 0 fully saturated rings. The number of carbonyl (C=O) groups excluding carboxylic acids is 1. The molecule has 17 heavy (non-hydrogen) atoms. The Balaban J connectivity index is 2.69. The van der Waals surface area contributed by atoms with Gasteiger partial charge in [-0.3, -0.25) is 9.78 Å². The van der Waals surface area contributed by atoms with Crippen molar-refractivity contribution >= 4 is 11.6 Å². The molecular formula is C12H20N4O. The Hall–Kier alpha value is -1.62. The van der Waals surface area contributed by atoms with Gasteiger partial charge in [0.2, 0.25) is 0 Å². The van der Waals surface area contributed by atoms with Gasteiger partial charge in [0.1, 0.15) is 5.69 Å². The van der Waals surface area contributed by atoms with E-state index in [9.17, 15) is 4.79 Å². The summed E-state index contributed by atoms with van der Waals surface area (Å²) in [5.74, 6) is -0.164. The molecule has 4 N–H and O–H groups in total. The monoisotopic (exact) mass is 236 g/mol. The molecule has 0 radical (unpaired) electrons. The van der Waals surface area contributed by atoms with Gasteiger partial charge in [0.25, 0.3) is 5.91 Å². The summed E-state index contributed by atoms with van der Waals surface area (Å²) in [5.41, 5.74) is 6.83. The number of rotatable bonds is 5. The van der Waals surface area contributed by atoms with Gasteiger partial charge in [-0.1, -0.05) is 0 Å². The van der Waals surface area contributed by atoms with Gasteiger partial charge in [0.15, 0.2) is 0 Å². The van der Waals surface area contributed by atoms with E-state index >= 15 is 0 Å². The normalized spacial score (nSPS) is 11.1. The number of hydrogen-bond acceptors (Lipinski definition) is 4. The average Bonchev–Trinajstić information content (AvgIpc) is 2.26. The van der Waals surface area contributed by atoms with Crippen LogP contribution in [0.5, 0.6) is 0 Å². The second kappa shape index (κ2) is 5.63. The van der Waals surface area contributed by atoms with Crippen LogP contribution in [0.25, 0.3) is 0 Å². The molecule has 0 unspecified atom stereocenters. The largest absolute Gasteiger partial charge is 0.383 e. The van der Waals surface area contributed by atoms with E-state index in [2.05, 4.69) is 15.6 Å². The highest BCUT2D eigenvalue weighted by molar-refractivity contribution is 5.93. The van der Waals surface area contributed by atoms with Crippen molar-refractivity contribution in [3.63, 3.8) is 0 Å². The van der Waals surface area contributed by atoms with Crippen molar-refractivity contribution in [1.29, 1.82) is 0 Å². The lowest BCUT2D eigenvalue weighted by Gasteiger charge is -2.19. The maximum Gasteiger partial charge on any atom is 0.269 e. The average molecular weight is 236 g/mol. The first-order chi connectivity index (χ1) is 7.92. The van der Waals surface area contributed by atoms with Gasteiger partial charge in [-0.15, -0.1) is 0 Å². The van der Waals surface area contributed by atoms with E-state index in [0.29, 0.717) is 18.8 Å². The topological polar surface area (TPSA) is 80.0 Å². The lowest BCUT2D eigenvalue weighted by atomic mass is 10.1. The minimum Gasteiger partial charge on any atom is -0.383 e. The molecule has 5 heteroatoms. The first-order valence-corrected chi connectivity index (χ1v) is 5.69. The second-order valence-electron chi connectivity index (χ2n) is 4.63. The van der Waals surface area contributed by atoms with Crippen molar-refractivity contribution in [3.05, 3.63) is 24.0 Å². The highest BCUT2D eigenvalue weighted by atomic mass is 16.1. The van der Waals surface area contributed by atoms with E-state index in [4.69, 9.17) is 5.73 Å². The Labute approximate surface area is 102 Å². The van der Waals surface area contributed by atoms with E-state index < -0.39 is 0 Å². The fraction of sp³-hybridized carbons (Fsp3) is 0.500. The van der Waals surface area contributed by atoms with Crippen LogP contribution in [0, 0.1) is 0 Å². The Morgan fingerprint density at radius 2 is 2.24 bits per heavy atom. The van der Waals surface area contributed by atoms with Gasteiger partial charge in [0.05, 0.1) is 0 Å². The van der Waals surface area contributed by atoms with Crippen molar-refractivity contribution in [3.8, 4) is 0 Å². The number of hydrogen-bond donors (Lipinski definition) is 3. The van der Waals surface area contributed by atoms with Crippen molar-refractivity contribution < 1.29 is 4.79 Å². The summed E-state index contributed by atoms with van der Waals surface area (Å²) in [6.07, 6.45) is 1.61. The van der Waals surface area contributed by atoms with Gasteiger partial charge in [-0.05, 0) is 32.9 Å². The Kier molecular flexibility index (Phi) is 4.45. The van der Waals surface area contributed by atoms with Crippen LogP contribution in [-0.2, 0) is 0 Å². The molecule has 0 atom stereocenters. The minimum atomic E-state index is -0.297. The molecule has 94 valence electrons. The van der Waals surface area contributed by atoms with Gasteiger partial charge >= 0.3 is 0 Å². The third kappa shape index (κ3) is 4.82. The Morgan fingerprint density at radius 3 is 2.82 bits per heavy atom. The second-order valence-corrected chi connectivity index (χ2v) is 4.63. The molecule has 0 saturated carbocycles. The van der Waals surface area contributed by atoms with Gasteiger partial charge in [-0.2, -0.15) is 0 Å². The molecule has 0 aliphatic rings. The predicted octanol–water partition coefficient (Wildman–Crippen LogP) is 0.980. The quantitative estimate of drug-likeness (QED) is 0.712. The molecule has 5 nitrogen and oxygen atoms in total. The molecule has 0 spiro atoms. The summed E-state index contributed by atoms with van der Waals surface area (Å²) in [4.78, 5) is 15.6. The lowest BCUT2D eigenvalue weighted by molar-refractivity contribution is 0.0951. The Bertz CT molecular complexity index is 384. The SMILES string of the molecule is CCNC(=O)c1cc(NCC(C)(C)N)ccn1. The van der Waals surface area contributed by atoms with Gasteiger partial charge in [0, 0.05) is 30.5 Å².